The Morgan fingerprint density at radius 1 is 0.375 bits per heavy atom. The van der Waals surface area contributed by atoms with Crippen molar-refractivity contribution in [1.29, 1.82) is 10.5 Å². The molecule has 6 rings (SSSR count). The van der Waals surface area contributed by atoms with E-state index in [1.54, 1.807) is 46.9 Å². The van der Waals surface area contributed by atoms with E-state index in [2.05, 4.69) is 97.6 Å². The van der Waals surface area contributed by atoms with E-state index in [0.717, 1.165) is 52.9 Å². The third-order valence-corrected chi connectivity index (χ3v) is 9.41. The molecule has 0 atom stereocenters. The Balaban J connectivity index is 1.46. The topological polar surface area (TPSA) is 47.6 Å². The van der Waals surface area contributed by atoms with Gasteiger partial charge in [-0.25, -0.2) is 0 Å². The number of hydrogen-bond donors (Lipinski definition) is 0. The summed E-state index contributed by atoms with van der Waals surface area (Å²) in [6.45, 7) is 4.12. The van der Waals surface area contributed by atoms with Crippen LogP contribution >= 0.6 is 22.7 Å². The monoisotopic (exact) mass is 644 g/mol. The Morgan fingerprint density at radius 2 is 0.667 bits per heavy atom. The summed E-state index contributed by atoms with van der Waals surface area (Å²) in [5, 5.41) is 18.3. The molecule has 0 aliphatic carbocycles. The molecule has 4 aromatic carbocycles. The molecule has 0 amide bonds. The van der Waals surface area contributed by atoms with Crippen LogP contribution in [0.2, 0.25) is 0 Å². The van der Waals surface area contributed by atoms with Crippen molar-refractivity contribution in [3.63, 3.8) is 0 Å². The van der Waals surface area contributed by atoms with Crippen molar-refractivity contribution in [1.82, 2.24) is 0 Å². The third kappa shape index (κ3) is 8.01. The minimum Gasteiger partial charge on any atom is -0.192 e. The zero-order valence-electron chi connectivity index (χ0n) is 26.1. The fourth-order valence-electron chi connectivity index (χ4n) is 4.50. The molecule has 0 unspecified atom stereocenters. The summed E-state index contributed by atoms with van der Waals surface area (Å²) in [7, 11) is 0. The van der Waals surface area contributed by atoms with E-state index in [1.165, 1.54) is 11.1 Å². The molecule has 6 aromatic rings. The molecule has 2 heterocycles. The molecular weight excluding hydrogens is 621 g/mol. The minimum atomic E-state index is 0.600. The van der Waals surface area contributed by atoms with Crippen LogP contribution in [0.5, 0.6) is 0 Å². The van der Waals surface area contributed by atoms with Crippen LogP contribution in [0.4, 0.5) is 0 Å². The molecule has 4 heteroatoms. The van der Waals surface area contributed by atoms with Crippen LogP contribution in [-0.4, -0.2) is 0 Å². The molecule has 0 radical (unpaired) electrons. The van der Waals surface area contributed by atoms with Crippen LogP contribution in [0.1, 0.15) is 65.4 Å². The zero-order chi connectivity index (χ0) is 33.3. The molecule has 0 saturated carbocycles. The van der Waals surface area contributed by atoms with E-state index in [0.29, 0.717) is 11.1 Å². The maximum atomic E-state index is 9.15. The van der Waals surface area contributed by atoms with E-state index in [4.69, 9.17) is 10.5 Å². The first-order chi connectivity index (χ1) is 23.4. The highest BCUT2D eigenvalue weighted by Crippen LogP contribution is 2.39. The first-order valence-corrected chi connectivity index (χ1v) is 16.6. The predicted octanol–water partition coefficient (Wildman–Crippen LogP) is 9.44. The van der Waals surface area contributed by atoms with Crippen LogP contribution in [0.3, 0.4) is 0 Å². The summed E-state index contributed by atoms with van der Waals surface area (Å²) in [5.41, 5.74) is 8.84. The summed E-state index contributed by atoms with van der Waals surface area (Å²) in [5.74, 6) is 26.6. The van der Waals surface area contributed by atoms with E-state index >= 15 is 0 Å². The van der Waals surface area contributed by atoms with Gasteiger partial charge in [0.05, 0.1) is 42.8 Å². The molecule has 222 valence electrons. The summed E-state index contributed by atoms with van der Waals surface area (Å²) in [4.78, 5) is 3.73. The van der Waals surface area contributed by atoms with Gasteiger partial charge in [0.15, 0.2) is 0 Å². The van der Waals surface area contributed by atoms with Crippen LogP contribution in [0.15, 0.2) is 109 Å². The van der Waals surface area contributed by atoms with Gasteiger partial charge in [0.2, 0.25) is 0 Å². The Labute approximate surface area is 289 Å². The predicted molar refractivity (Wildman–Crippen MR) is 196 cm³/mol. The van der Waals surface area contributed by atoms with Gasteiger partial charge in [-0.2, -0.15) is 10.5 Å². The van der Waals surface area contributed by atoms with E-state index in [-0.39, 0.29) is 0 Å². The highest BCUT2D eigenvalue weighted by atomic mass is 32.1. The van der Waals surface area contributed by atoms with Crippen LogP contribution in [0, 0.1) is 83.9 Å². The normalized spacial score (nSPS) is 9.58. The Hall–Kier alpha value is -6.50. The SMILES string of the molecule is Cc1ccc(C#Cc2cc(C#Cc3ccc(C#N)cc3)sc2-c2sc(C#Cc3ccc(C#N)cc3)cc2C#Cc2ccc(C)cc2)cc1. The molecule has 2 aromatic heterocycles. The van der Waals surface area contributed by atoms with Crippen molar-refractivity contribution in [2.75, 3.05) is 0 Å². The third-order valence-electron chi connectivity index (χ3n) is 7.14. The first kappa shape index (κ1) is 31.5. The van der Waals surface area contributed by atoms with Crippen molar-refractivity contribution in [3.8, 4) is 69.3 Å². The van der Waals surface area contributed by atoms with Gasteiger partial charge in [0.25, 0.3) is 0 Å². The second kappa shape index (κ2) is 14.7. The fourth-order valence-corrected chi connectivity index (χ4v) is 6.60. The lowest BCUT2D eigenvalue weighted by molar-refractivity contribution is 1.46. The minimum absolute atomic E-state index is 0.600. The average Bonchev–Trinajstić information content (AvgIpc) is 3.73. The number of hydrogen-bond acceptors (Lipinski definition) is 4. The molecule has 0 aliphatic heterocycles. The molecule has 0 fully saturated rings. The lowest BCUT2D eigenvalue weighted by Gasteiger charge is -1.97. The van der Waals surface area contributed by atoms with Gasteiger partial charge in [-0.05, 0) is 98.8 Å². The maximum absolute atomic E-state index is 9.15. The number of benzene rings is 4. The molecule has 0 saturated heterocycles. The summed E-state index contributed by atoms with van der Waals surface area (Å²) in [6.07, 6.45) is 0. The zero-order valence-corrected chi connectivity index (χ0v) is 27.7. The highest BCUT2D eigenvalue weighted by Gasteiger charge is 2.16. The van der Waals surface area contributed by atoms with Crippen molar-refractivity contribution in [2.24, 2.45) is 0 Å². The molecule has 0 bridgehead atoms. The lowest BCUT2D eigenvalue weighted by atomic mass is 10.1. The number of nitrogens with zero attached hydrogens (tertiary/aromatic N) is 2. The van der Waals surface area contributed by atoms with Crippen LogP contribution in [0.25, 0.3) is 9.75 Å². The number of rotatable bonds is 1. The maximum Gasteiger partial charge on any atom is 0.0991 e. The van der Waals surface area contributed by atoms with Crippen molar-refractivity contribution in [3.05, 3.63) is 175 Å². The Bertz CT molecular complexity index is 2290. The molecule has 0 spiro atoms. The van der Waals surface area contributed by atoms with E-state index in [1.807, 2.05) is 60.7 Å². The smallest absolute Gasteiger partial charge is 0.0991 e. The summed E-state index contributed by atoms with van der Waals surface area (Å²) in [6, 6.07) is 39.2. The van der Waals surface area contributed by atoms with Gasteiger partial charge < -0.3 is 0 Å². The molecular formula is C44H24N2S2. The van der Waals surface area contributed by atoms with Gasteiger partial charge in [0, 0.05) is 33.4 Å². The number of thiophene rings is 2. The van der Waals surface area contributed by atoms with E-state index in [9.17, 15) is 0 Å². The number of aryl methyl sites for hydroxylation is 2. The summed E-state index contributed by atoms with van der Waals surface area (Å²) < 4.78 is 0. The average molecular weight is 645 g/mol. The van der Waals surface area contributed by atoms with Crippen LogP contribution < -0.4 is 0 Å². The number of nitriles is 2. The van der Waals surface area contributed by atoms with Crippen molar-refractivity contribution < 1.29 is 0 Å². The Morgan fingerprint density at radius 3 is 1.00 bits per heavy atom. The molecule has 0 aliphatic rings. The second-order valence-corrected chi connectivity index (χ2v) is 12.9. The fraction of sp³-hybridized carbons (Fsp3) is 0.0455. The molecule has 2 nitrogen and oxygen atoms in total. The molecule has 0 N–H and O–H groups in total. The summed E-state index contributed by atoms with van der Waals surface area (Å²) >= 11 is 3.16. The first-order valence-electron chi connectivity index (χ1n) is 15.0. The lowest BCUT2D eigenvalue weighted by Crippen LogP contribution is -1.80. The van der Waals surface area contributed by atoms with Gasteiger partial charge in [0.1, 0.15) is 0 Å². The second-order valence-electron chi connectivity index (χ2n) is 10.8. The van der Waals surface area contributed by atoms with Gasteiger partial charge in [-0.1, -0.05) is 82.8 Å². The van der Waals surface area contributed by atoms with Crippen LogP contribution in [-0.2, 0) is 0 Å². The van der Waals surface area contributed by atoms with Crippen molar-refractivity contribution >= 4 is 22.7 Å². The van der Waals surface area contributed by atoms with E-state index < -0.39 is 0 Å². The highest BCUT2D eigenvalue weighted by molar-refractivity contribution is 7.23. The quantitative estimate of drug-likeness (QED) is 0.168. The van der Waals surface area contributed by atoms with Crippen molar-refractivity contribution in [2.45, 2.75) is 13.8 Å². The molecule has 48 heavy (non-hydrogen) atoms. The largest absolute Gasteiger partial charge is 0.192 e. The van der Waals surface area contributed by atoms with Gasteiger partial charge >= 0.3 is 0 Å². The standard InChI is InChI=1S/C44H24N2S2/c1-31-3-7-33(8-4-31)19-23-39-27-41(25-21-35-11-15-37(29-45)16-12-35)47-43(39)44-40(24-20-34-9-5-32(2)6-10-34)28-42(48-44)26-22-36-13-17-38(30-46)18-14-36/h3-18,27-28H,1-2H3. The Kier molecular flexibility index (Phi) is 9.66. The van der Waals surface area contributed by atoms with Gasteiger partial charge in [-0.15, -0.1) is 22.7 Å². The van der Waals surface area contributed by atoms with Gasteiger partial charge in [-0.3, -0.25) is 0 Å².